The number of aliphatic hydroxyl groups is 2. The number of quaternary nitrogens is 2. The lowest BCUT2D eigenvalue weighted by atomic mass is 10.1. The molecule has 2 aromatic carbocycles. The van der Waals surface area contributed by atoms with Crippen LogP contribution in [-0.2, 0) is 50.9 Å². The van der Waals surface area contributed by atoms with Gasteiger partial charge in [-0.15, -0.1) is 0 Å². The molecule has 92 heavy (non-hydrogen) atoms. The molecule has 2 heterocycles. The summed E-state index contributed by atoms with van der Waals surface area (Å²) < 4.78 is 46.3. The third-order valence-electron chi connectivity index (χ3n) is 15.1. The number of rotatable bonds is 49. The van der Waals surface area contributed by atoms with Crippen LogP contribution in [0.3, 0.4) is 0 Å². The van der Waals surface area contributed by atoms with Crippen molar-refractivity contribution in [3.63, 3.8) is 0 Å². The lowest BCUT2D eigenvalue weighted by Gasteiger charge is -2.38. The van der Waals surface area contributed by atoms with Crippen LogP contribution >= 0.6 is 23.2 Å². The molecule has 0 bridgehead atoms. The van der Waals surface area contributed by atoms with Gasteiger partial charge in [-0.25, -0.2) is 19.9 Å². The normalized spacial score (nSPS) is 13.0. The second-order valence-corrected chi connectivity index (χ2v) is 23.6. The average Bonchev–Trinajstić information content (AvgIpc) is 1.05. The molecular weight excluding hydrogens is 1240 g/mol. The highest BCUT2D eigenvalue weighted by atomic mass is 35.5. The molecule has 4 amide bonds. The molecule has 0 saturated heterocycles. The average molecular weight is 1340 g/mol. The number of aromatic nitrogens is 4. The molecule has 0 aliphatic carbocycles. The van der Waals surface area contributed by atoms with E-state index in [9.17, 15) is 29.4 Å². The Morgan fingerprint density at radius 2 is 0.783 bits per heavy atom. The first kappa shape index (κ1) is 77.9. The van der Waals surface area contributed by atoms with E-state index in [1.165, 1.54) is 11.1 Å². The van der Waals surface area contributed by atoms with Gasteiger partial charge in [0, 0.05) is 38.8 Å². The molecule has 4 unspecified atom stereocenters. The summed E-state index contributed by atoms with van der Waals surface area (Å²) in [4.78, 5) is 66.2. The van der Waals surface area contributed by atoms with E-state index >= 15 is 0 Å². The van der Waals surface area contributed by atoms with Gasteiger partial charge in [-0.2, -0.15) is 0 Å². The first-order valence-electron chi connectivity index (χ1n) is 31.3. The maximum absolute atomic E-state index is 12.9. The molecule has 30 heteroatoms. The van der Waals surface area contributed by atoms with Crippen LogP contribution < -0.4 is 53.7 Å². The summed E-state index contributed by atoms with van der Waals surface area (Å²) in [6.07, 6.45) is 3.48. The van der Waals surface area contributed by atoms with Gasteiger partial charge >= 0.3 is 0 Å². The van der Waals surface area contributed by atoms with E-state index in [2.05, 4.69) is 108 Å². The molecular formula is C62H100Cl2N14O14+2. The number of aryl methyl sites for hydroxylation is 2. The summed E-state index contributed by atoms with van der Waals surface area (Å²) in [6, 6.07) is 16.4. The Bertz CT molecular complexity index is 2630. The van der Waals surface area contributed by atoms with Crippen LogP contribution in [0.25, 0.3) is 0 Å². The van der Waals surface area contributed by atoms with Crippen LogP contribution in [0.1, 0.15) is 84.5 Å². The van der Waals surface area contributed by atoms with E-state index in [0.29, 0.717) is 79.2 Å². The van der Waals surface area contributed by atoms with Crippen LogP contribution in [0.15, 0.2) is 48.5 Å². The molecule has 14 N–H and O–H groups in total. The van der Waals surface area contributed by atoms with Gasteiger partial charge in [-0.3, -0.25) is 19.2 Å². The topological polar surface area (TPSA) is 386 Å². The molecule has 0 saturated carbocycles. The van der Waals surface area contributed by atoms with Gasteiger partial charge in [0.25, 0.3) is 23.6 Å². The van der Waals surface area contributed by atoms with E-state index < -0.39 is 35.8 Å². The minimum absolute atomic E-state index is 0.0261. The fraction of sp³-hybridized carbons (Fsp3) is 0.613. The van der Waals surface area contributed by atoms with E-state index in [1.54, 1.807) is 0 Å². The quantitative estimate of drug-likeness (QED) is 0.0224. The number of carbonyl (C=O) groups excluding carboxylic acids is 4. The Morgan fingerprint density at radius 1 is 0.467 bits per heavy atom. The minimum atomic E-state index is -1.98. The number of amides is 4. The van der Waals surface area contributed by atoms with Gasteiger partial charge in [0.15, 0.2) is 57.2 Å². The first-order valence-corrected chi connectivity index (χ1v) is 32.0. The highest BCUT2D eigenvalue weighted by Crippen LogP contribution is 2.22. The molecule has 4 aromatic rings. The van der Waals surface area contributed by atoms with Gasteiger partial charge in [-0.1, -0.05) is 74.2 Å². The van der Waals surface area contributed by atoms with Gasteiger partial charge in [0.05, 0.1) is 134 Å². The molecule has 514 valence electrons. The molecule has 0 spiro atoms. The standard InChI is InChI=1S/C62H98Cl2N14O14/c1-7-11-45(41-71-59(81)49-55(65)75-57(67)53(63)73-49)77(3,4)25-9-13-43-15-19-47(20-16-43)91-39-37-89-35-33-87-31-29-85-27-23-69-61(83)51(79)52(80)62(84)70-24-28-86-30-32-88-34-36-90-38-40-92-48-21-17-44(18-22-48)14-10-26-78(5,6)46(12-8-2)42-72-60(82)50-56(66)76-58(68)54(64)74-50/h15-22,45-46,51-52,79-80H,7-14,23-42H2,1-6H3,(H10-2,65,66,67,68,69,70,71,72,75,76,81,82,83,84)/p+2. The number of hydrogen-bond donors (Lipinski definition) is 10. The maximum Gasteiger partial charge on any atom is 0.274 e. The number of nitrogen functional groups attached to an aromatic ring is 4. The Morgan fingerprint density at radius 3 is 1.11 bits per heavy atom. The predicted molar refractivity (Wildman–Crippen MR) is 351 cm³/mol. The van der Waals surface area contributed by atoms with Crippen molar-refractivity contribution in [1.29, 1.82) is 0 Å². The van der Waals surface area contributed by atoms with Crippen LogP contribution in [0.5, 0.6) is 11.5 Å². The van der Waals surface area contributed by atoms with Gasteiger partial charge in [-0.05, 0) is 48.2 Å². The van der Waals surface area contributed by atoms with Crippen molar-refractivity contribution in [2.45, 2.75) is 89.5 Å². The fourth-order valence-corrected chi connectivity index (χ4v) is 9.88. The van der Waals surface area contributed by atoms with Crippen molar-refractivity contribution in [2.24, 2.45) is 0 Å². The Hall–Kier alpha value is -6.54. The Kier molecular flexibility index (Phi) is 36.1. The number of aliphatic hydroxyl groups excluding tert-OH is 2. The summed E-state index contributed by atoms with van der Waals surface area (Å²) in [5, 5.41) is 31.0. The number of nitrogens with zero attached hydrogens (tertiary/aromatic N) is 6. The maximum atomic E-state index is 12.9. The number of benzene rings is 2. The zero-order chi connectivity index (χ0) is 67.3. The summed E-state index contributed by atoms with van der Waals surface area (Å²) in [5.74, 6) is -1.43. The number of anilines is 4. The Labute approximate surface area is 550 Å². The number of likely N-dealkylation sites (N-methyl/N-ethyl adjacent to an activating group) is 2. The van der Waals surface area contributed by atoms with E-state index in [-0.39, 0.29) is 96.6 Å². The van der Waals surface area contributed by atoms with Crippen LogP contribution in [0, 0.1) is 0 Å². The largest absolute Gasteiger partial charge is 0.491 e. The lowest BCUT2D eigenvalue weighted by molar-refractivity contribution is -0.914. The number of ether oxygens (including phenoxy) is 8. The molecule has 2 aromatic heterocycles. The molecule has 0 fully saturated rings. The second-order valence-electron chi connectivity index (χ2n) is 22.9. The SMILES string of the molecule is CCCC(CNC(=O)c1nc(Cl)c(N)nc1N)[N+](C)(C)CCCc1ccc(OCCOCCOCCOCCNC(=O)C(O)C(O)C(=O)NCCOCCOCCOCCOc2ccc(CCC[N+](C)(C)C(CCC)CNC(=O)c3nc(Cl)c(N)nc3N)cc2)cc1. The summed E-state index contributed by atoms with van der Waals surface area (Å²) in [7, 11) is 8.69. The minimum Gasteiger partial charge on any atom is -0.491 e. The number of nitrogens with one attached hydrogen (secondary N) is 4. The molecule has 28 nitrogen and oxygen atoms in total. The second kappa shape index (κ2) is 42.6. The van der Waals surface area contributed by atoms with Gasteiger partial charge in [0.1, 0.15) is 36.8 Å². The van der Waals surface area contributed by atoms with Crippen LogP contribution in [0.4, 0.5) is 23.3 Å². The molecule has 0 aliphatic rings. The number of carbonyl (C=O) groups is 4. The first-order chi connectivity index (χ1) is 44.1. The molecule has 4 rings (SSSR count). The summed E-state index contributed by atoms with van der Waals surface area (Å²) in [5.41, 5.74) is 25.4. The number of nitrogens with two attached hydrogens (primary N) is 4. The highest BCUT2D eigenvalue weighted by molar-refractivity contribution is 6.32. The van der Waals surface area contributed by atoms with Crippen LogP contribution in [-0.4, -0.2) is 247 Å². The lowest BCUT2D eigenvalue weighted by Crippen LogP contribution is -2.54. The van der Waals surface area contributed by atoms with Gasteiger partial charge < -0.3 is 101 Å². The summed E-state index contributed by atoms with van der Waals surface area (Å²) >= 11 is 11.9. The molecule has 0 radical (unpaired) electrons. The molecule has 4 atom stereocenters. The van der Waals surface area contributed by atoms with Crippen molar-refractivity contribution in [2.75, 3.05) is 183 Å². The summed E-state index contributed by atoms with van der Waals surface area (Å²) in [6.45, 7) is 11.2. The van der Waals surface area contributed by atoms with Crippen molar-refractivity contribution >= 4 is 70.1 Å². The van der Waals surface area contributed by atoms with E-state index in [1.807, 2.05) is 24.3 Å². The number of hydrogen-bond acceptors (Lipinski definition) is 22. The van der Waals surface area contributed by atoms with Crippen molar-refractivity contribution in [1.82, 2.24) is 41.2 Å². The van der Waals surface area contributed by atoms with Crippen molar-refractivity contribution in [3.05, 3.63) is 81.4 Å². The van der Waals surface area contributed by atoms with Crippen molar-refractivity contribution < 1.29 is 76.3 Å². The third kappa shape index (κ3) is 29.2. The monoisotopic (exact) mass is 1330 g/mol. The van der Waals surface area contributed by atoms with Gasteiger partial charge in [0.2, 0.25) is 0 Å². The Balaban J connectivity index is 0.906. The zero-order valence-corrected chi connectivity index (χ0v) is 55.8. The van der Waals surface area contributed by atoms with Crippen LogP contribution in [0.2, 0.25) is 10.3 Å². The third-order valence-corrected chi connectivity index (χ3v) is 15.7. The predicted octanol–water partition coefficient (Wildman–Crippen LogP) is 2.63. The van der Waals surface area contributed by atoms with E-state index in [0.717, 1.165) is 84.9 Å². The number of halogens is 2. The smallest absolute Gasteiger partial charge is 0.274 e. The van der Waals surface area contributed by atoms with Crippen molar-refractivity contribution in [3.8, 4) is 11.5 Å². The fourth-order valence-electron chi connectivity index (χ4n) is 9.63. The molecule has 0 aliphatic heterocycles. The highest BCUT2D eigenvalue weighted by Gasteiger charge is 2.32. The van der Waals surface area contributed by atoms with E-state index in [4.69, 9.17) is 84.0 Å². The zero-order valence-electron chi connectivity index (χ0n) is 54.3.